The quantitative estimate of drug-likeness (QED) is 0.878. The van der Waals surface area contributed by atoms with Crippen molar-refractivity contribution in [1.82, 2.24) is 5.32 Å². The second-order valence-corrected chi connectivity index (χ2v) is 4.68. The van der Waals surface area contributed by atoms with Gasteiger partial charge in [0.25, 0.3) is 0 Å². The average Bonchev–Trinajstić information content (AvgIpc) is 2.66. The fraction of sp³-hybridized carbons (Fsp3) is 0.429. The Balaban J connectivity index is 2.09. The Kier molecular flexibility index (Phi) is 4.16. The zero-order valence-corrected chi connectivity index (χ0v) is 11.1. The molecule has 0 aliphatic carbocycles. The zero-order valence-electron chi connectivity index (χ0n) is 11.1. The van der Waals surface area contributed by atoms with E-state index in [-0.39, 0.29) is 24.5 Å². The molecule has 0 unspecified atom stereocenters. The number of hydrogen-bond acceptors (Lipinski definition) is 3. The molecule has 1 heterocycles. The molecule has 1 N–H and O–H groups in total. The molecule has 102 valence electrons. The van der Waals surface area contributed by atoms with Crippen LogP contribution in [-0.4, -0.2) is 37.6 Å². The topological polar surface area (TPSA) is 58.6 Å². The van der Waals surface area contributed by atoms with Crippen LogP contribution in [0.1, 0.15) is 13.3 Å². The van der Waals surface area contributed by atoms with Gasteiger partial charge in [0.05, 0.1) is 0 Å². The third-order valence-corrected chi connectivity index (χ3v) is 3.20. The van der Waals surface area contributed by atoms with Gasteiger partial charge in [-0.25, -0.2) is 0 Å². The van der Waals surface area contributed by atoms with Crippen molar-refractivity contribution in [3.63, 3.8) is 0 Å². The van der Waals surface area contributed by atoms with E-state index in [1.807, 2.05) is 37.3 Å². The highest BCUT2D eigenvalue weighted by Crippen LogP contribution is 2.26. The molecule has 19 heavy (non-hydrogen) atoms. The molecule has 0 bridgehead atoms. The number of methoxy groups -OCH3 is 1. The van der Waals surface area contributed by atoms with Gasteiger partial charge in [0.1, 0.15) is 12.6 Å². The maximum Gasteiger partial charge on any atom is 0.249 e. The lowest BCUT2D eigenvalue weighted by Crippen LogP contribution is -2.43. The normalized spacial score (nSPS) is 22.6. The standard InChI is InChI=1S/C14H18N2O3/c1-10-8-12(15-13(17)9-19-2)14(18)16(10)11-6-4-3-5-7-11/h3-7,10,12H,8-9H2,1-2H3,(H,15,17)/t10-,12+/m0/s1. The van der Waals surface area contributed by atoms with Gasteiger partial charge in [-0.3, -0.25) is 9.59 Å². The van der Waals surface area contributed by atoms with Crippen LogP contribution in [-0.2, 0) is 14.3 Å². The predicted octanol–water partition coefficient (Wildman–Crippen LogP) is 0.943. The summed E-state index contributed by atoms with van der Waals surface area (Å²) in [6.07, 6.45) is 0.614. The number of amides is 2. The van der Waals surface area contributed by atoms with Crippen molar-refractivity contribution >= 4 is 17.5 Å². The number of carbonyl (C=O) groups excluding carboxylic acids is 2. The van der Waals surface area contributed by atoms with Crippen LogP contribution in [0.2, 0.25) is 0 Å². The second-order valence-electron chi connectivity index (χ2n) is 4.68. The van der Waals surface area contributed by atoms with Crippen molar-refractivity contribution in [2.45, 2.75) is 25.4 Å². The van der Waals surface area contributed by atoms with Crippen LogP contribution < -0.4 is 10.2 Å². The molecule has 0 saturated carbocycles. The lowest BCUT2D eigenvalue weighted by molar-refractivity contribution is -0.128. The summed E-state index contributed by atoms with van der Waals surface area (Å²) < 4.78 is 4.75. The van der Waals surface area contributed by atoms with Crippen LogP contribution in [0, 0.1) is 0 Å². The van der Waals surface area contributed by atoms with E-state index in [2.05, 4.69) is 5.32 Å². The molecule has 2 rings (SSSR count). The molecule has 1 fully saturated rings. The molecule has 1 aliphatic heterocycles. The van der Waals surface area contributed by atoms with Crippen LogP contribution >= 0.6 is 0 Å². The van der Waals surface area contributed by atoms with Crippen LogP contribution in [0.5, 0.6) is 0 Å². The average molecular weight is 262 g/mol. The summed E-state index contributed by atoms with van der Waals surface area (Å²) >= 11 is 0. The minimum Gasteiger partial charge on any atom is -0.375 e. The third-order valence-electron chi connectivity index (χ3n) is 3.20. The Morgan fingerprint density at radius 3 is 2.74 bits per heavy atom. The number of hydrogen-bond donors (Lipinski definition) is 1. The van der Waals surface area contributed by atoms with E-state index in [0.717, 1.165) is 5.69 Å². The molecule has 1 aromatic rings. The monoisotopic (exact) mass is 262 g/mol. The van der Waals surface area contributed by atoms with E-state index < -0.39 is 6.04 Å². The van der Waals surface area contributed by atoms with Crippen LogP contribution in [0.25, 0.3) is 0 Å². The van der Waals surface area contributed by atoms with E-state index in [0.29, 0.717) is 6.42 Å². The van der Waals surface area contributed by atoms with E-state index in [1.54, 1.807) is 4.90 Å². The summed E-state index contributed by atoms with van der Waals surface area (Å²) in [5.41, 5.74) is 0.864. The third kappa shape index (κ3) is 2.93. The highest BCUT2D eigenvalue weighted by atomic mass is 16.5. The number of para-hydroxylation sites is 1. The van der Waals surface area contributed by atoms with E-state index in [1.165, 1.54) is 7.11 Å². The van der Waals surface area contributed by atoms with Gasteiger partial charge in [0.2, 0.25) is 11.8 Å². The molecular formula is C14H18N2O3. The molecule has 0 radical (unpaired) electrons. The predicted molar refractivity (Wildman–Crippen MR) is 71.8 cm³/mol. The molecule has 0 aromatic heterocycles. The maximum atomic E-state index is 12.3. The first-order valence-electron chi connectivity index (χ1n) is 6.30. The number of carbonyl (C=O) groups is 2. The highest BCUT2D eigenvalue weighted by molar-refractivity contribution is 6.02. The van der Waals surface area contributed by atoms with Gasteiger partial charge in [0, 0.05) is 18.8 Å². The molecule has 2 amide bonds. The molecule has 5 heteroatoms. The Morgan fingerprint density at radius 2 is 2.11 bits per heavy atom. The molecule has 1 aliphatic rings. The van der Waals surface area contributed by atoms with Gasteiger partial charge in [-0.15, -0.1) is 0 Å². The van der Waals surface area contributed by atoms with Crippen molar-refractivity contribution in [3.05, 3.63) is 30.3 Å². The van der Waals surface area contributed by atoms with E-state index in [9.17, 15) is 9.59 Å². The van der Waals surface area contributed by atoms with Crippen molar-refractivity contribution in [3.8, 4) is 0 Å². The number of nitrogens with one attached hydrogen (secondary N) is 1. The first-order valence-corrected chi connectivity index (χ1v) is 6.30. The number of ether oxygens (including phenoxy) is 1. The van der Waals surface area contributed by atoms with Gasteiger partial charge < -0.3 is 15.0 Å². The number of anilines is 1. The molecule has 1 aromatic carbocycles. The summed E-state index contributed by atoms with van der Waals surface area (Å²) in [6, 6.07) is 9.10. The van der Waals surface area contributed by atoms with Crippen LogP contribution in [0.4, 0.5) is 5.69 Å². The number of rotatable bonds is 4. The Bertz CT molecular complexity index is 461. The minimum absolute atomic E-state index is 0.0243. The summed E-state index contributed by atoms with van der Waals surface area (Å²) in [5, 5.41) is 2.70. The summed E-state index contributed by atoms with van der Waals surface area (Å²) in [6.45, 7) is 1.96. The molecule has 5 nitrogen and oxygen atoms in total. The first-order chi connectivity index (χ1) is 9.13. The van der Waals surface area contributed by atoms with Crippen molar-refractivity contribution in [1.29, 1.82) is 0 Å². The van der Waals surface area contributed by atoms with Gasteiger partial charge in [-0.05, 0) is 25.5 Å². The van der Waals surface area contributed by atoms with E-state index >= 15 is 0 Å². The molecule has 2 atom stereocenters. The van der Waals surface area contributed by atoms with Gasteiger partial charge in [0.15, 0.2) is 0 Å². The van der Waals surface area contributed by atoms with Gasteiger partial charge in [-0.2, -0.15) is 0 Å². The molecular weight excluding hydrogens is 244 g/mol. The van der Waals surface area contributed by atoms with Crippen molar-refractivity contribution in [2.75, 3.05) is 18.6 Å². The largest absolute Gasteiger partial charge is 0.375 e. The van der Waals surface area contributed by atoms with Crippen LogP contribution in [0.15, 0.2) is 30.3 Å². The fourth-order valence-corrected chi connectivity index (χ4v) is 2.39. The highest BCUT2D eigenvalue weighted by Gasteiger charge is 2.38. The van der Waals surface area contributed by atoms with E-state index in [4.69, 9.17) is 4.74 Å². The summed E-state index contributed by atoms with van der Waals surface area (Å²) in [7, 11) is 1.45. The Morgan fingerprint density at radius 1 is 1.42 bits per heavy atom. The lowest BCUT2D eigenvalue weighted by Gasteiger charge is -2.21. The lowest BCUT2D eigenvalue weighted by atomic mass is 10.2. The van der Waals surface area contributed by atoms with Gasteiger partial charge in [-0.1, -0.05) is 18.2 Å². The minimum atomic E-state index is -0.460. The van der Waals surface area contributed by atoms with Crippen molar-refractivity contribution < 1.29 is 14.3 Å². The molecule has 1 saturated heterocycles. The van der Waals surface area contributed by atoms with Gasteiger partial charge >= 0.3 is 0 Å². The second kappa shape index (κ2) is 5.84. The SMILES string of the molecule is COCC(=O)N[C@@H]1C[C@H](C)N(c2ccccc2)C1=O. The first kappa shape index (κ1) is 13.5. The fourth-order valence-electron chi connectivity index (χ4n) is 2.39. The van der Waals surface area contributed by atoms with Crippen molar-refractivity contribution in [2.24, 2.45) is 0 Å². The zero-order chi connectivity index (χ0) is 13.8. The smallest absolute Gasteiger partial charge is 0.249 e. The summed E-state index contributed by atoms with van der Waals surface area (Å²) in [5.74, 6) is -0.328. The molecule has 0 spiro atoms. The maximum absolute atomic E-state index is 12.3. The van der Waals surface area contributed by atoms with Crippen LogP contribution in [0.3, 0.4) is 0 Å². The summed E-state index contributed by atoms with van der Waals surface area (Å²) in [4.78, 5) is 25.5. The number of benzene rings is 1. The Labute approximate surface area is 112 Å². The Hall–Kier alpha value is -1.88. The number of nitrogens with zero attached hydrogens (tertiary/aromatic N) is 1.